The second kappa shape index (κ2) is 5.49. The first-order chi connectivity index (χ1) is 6.64. The van der Waals surface area contributed by atoms with Gasteiger partial charge < -0.3 is 9.84 Å². The van der Waals surface area contributed by atoms with E-state index in [1.54, 1.807) is 13.8 Å². The summed E-state index contributed by atoms with van der Waals surface area (Å²) in [4.78, 5) is 22.0. The Morgan fingerprint density at radius 2 is 1.87 bits per heavy atom. The van der Waals surface area contributed by atoms with Crippen molar-refractivity contribution in [3.8, 4) is 0 Å². The highest BCUT2D eigenvalue weighted by Gasteiger charge is 2.30. The molecule has 0 aliphatic carbocycles. The Hall–Kier alpha value is -0.580. The van der Waals surface area contributed by atoms with Gasteiger partial charge in [-0.25, -0.2) is 0 Å². The number of carboxylic acid groups (broad SMARTS) is 1. The van der Waals surface area contributed by atoms with E-state index in [0.29, 0.717) is 0 Å². The van der Waals surface area contributed by atoms with Gasteiger partial charge in [0.1, 0.15) is 10.4 Å². The second-order valence-electron chi connectivity index (χ2n) is 4.26. The number of carbonyl (C=O) groups excluding carboxylic acids is 1. The fourth-order valence-corrected chi connectivity index (χ4v) is 0.957. The van der Waals surface area contributed by atoms with Crippen LogP contribution in [0.2, 0.25) is 0 Å². The van der Waals surface area contributed by atoms with Crippen LogP contribution >= 0.6 is 15.9 Å². The number of halogens is 1. The Morgan fingerprint density at radius 3 is 2.13 bits per heavy atom. The van der Waals surface area contributed by atoms with Crippen LogP contribution in [-0.2, 0) is 14.3 Å². The standard InChI is InChI=1S/C10H17BrO4/c1-6(2)7(5-8(12)13)15-9(14)10(3,4)11/h6-7H,5H2,1-4H3,(H,12,13). The van der Waals surface area contributed by atoms with Gasteiger partial charge in [-0.3, -0.25) is 9.59 Å². The fraction of sp³-hybridized carbons (Fsp3) is 0.800. The van der Waals surface area contributed by atoms with Gasteiger partial charge in [0.05, 0.1) is 6.42 Å². The highest BCUT2D eigenvalue weighted by Crippen LogP contribution is 2.21. The Labute approximate surface area is 98.1 Å². The molecule has 0 saturated heterocycles. The number of esters is 1. The van der Waals surface area contributed by atoms with E-state index in [-0.39, 0.29) is 12.3 Å². The molecular formula is C10H17BrO4. The molecule has 1 N–H and O–H groups in total. The van der Waals surface area contributed by atoms with Crippen LogP contribution in [-0.4, -0.2) is 27.5 Å². The van der Waals surface area contributed by atoms with Crippen molar-refractivity contribution in [3.05, 3.63) is 0 Å². The lowest BCUT2D eigenvalue weighted by molar-refractivity contribution is -0.156. The third kappa shape index (κ3) is 5.77. The maximum atomic E-state index is 11.5. The molecule has 15 heavy (non-hydrogen) atoms. The molecule has 5 heteroatoms. The maximum Gasteiger partial charge on any atom is 0.322 e. The minimum Gasteiger partial charge on any atom is -0.481 e. The number of rotatable bonds is 5. The van der Waals surface area contributed by atoms with Gasteiger partial charge in [-0.1, -0.05) is 29.8 Å². The molecular weight excluding hydrogens is 264 g/mol. The molecule has 1 atom stereocenters. The molecule has 0 aromatic carbocycles. The highest BCUT2D eigenvalue weighted by atomic mass is 79.9. The first-order valence-corrected chi connectivity index (χ1v) is 5.55. The summed E-state index contributed by atoms with van der Waals surface area (Å²) in [6.45, 7) is 6.96. The number of ether oxygens (including phenoxy) is 1. The normalized spacial score (nSPS) is 13.7. The van der Waals surface area contributed by atoms with Crippen LogP contribution in [0.25, 0.3) is 0 Å². The van der Waals surface area contributed by atoms with Crippen LogP contribution in [0.1, 0.15) is 34.1 Å². The lowest BCUT2D eigenvalue weighted by Gasteiger charge is -2.23. The molecule has 0 fully saturated rings. The molecule has 88 valence electrons. The summed E-state index contributed by atoms with van der Waals surface area (Å²) in [5.74, 6) is -1.42. The first-order valence-electron chi connectivity index (χ1n) is 4.76. The Balaban J connectivity index is 4.42. The SMILES string of the molecule is CC(C)C(CC(=O)O)OC(=O)C(C)(C)Br. The maximum absolute atomic E-state index is 11.5. The van der Waals surface area contributed by atoms with E-state index in [2.05, 4.69) is 15.9 Å². The van der Waals surface area contributed by atoms with E-state index in [9.17, 15) is 9.59 Å². The van der Waals surface area contributed by atoms with Crippen LogP contribution in [0, 0.1) is 5.92 Å². The Bertz CT molecular complexity index is 242. The lowest BCUT2D eigenvalue weighted by Crippen LogP contribution is -2.34. The zero-order valence-electron chi connectivity index (χ0n) is 9.41. The van der Waals surface area contributed by atoms with E-state index in [1.165, 1.54) is 0 Å². The molecule has 0 saturated carbocycles. The summed E-state index contributed by atoms with van der Waals surface area (Å²) in [6.07, 6.45) is -0.737. The summed E-state index contributed by atoms with van der Waals surface area (Å²) in [6, 6.07) is 0. The fourth-order valence-electron chi connectivity index (χ4n) is 0.863. The highest BCUT2D eigenvalue weighted by molar-refractivity contribution is 9.10. The van der Waals surface area contributed by atoms with Crippen molar-refractivity contribution in [1.29, 1.82) is 0 Å². The molecule has 0 aliphatic heterocycles. The Kier molecular flexibility index (Phi) is 5.28. The van der Waals surface area contributed by atoms with Gasteiger partial charge in [0.25, 0.3) is 0 Å². The third-order valence-electron chi connectivity index (χ3n) is 1.86. The molecule has 0 heterocycles. The first kappa shape index (κ1) is 14.4. The molecule has 0 spiro atoms. The summed E-state index contributed by atoms with van der Waals surface area (Å²) in [7, 11) is 0. The molecule has 1 unspecified atom stereocenters. The van der Waals surface area contributed by atoms with Crippen molar-refractivity contribution >= 4 is 27.9 Å². The van der Waals surface area contributed by atoms with Crippen LogP contribution in [0.15, 0.2) is 0 Å². The molecule has 0 aromatic rings. The van der Waals surface area contributed by atoms with E-state index >= 15 is 0 Å². The number of alkyl halides is 1. The summed E-state index contributed by atoms with van der Waals surface area (Å²) in [5, 5.41) is 8.65. The summed E-state index contributed by atoms with van der Waals surface area (Å²) >= 11 is 3.17. The molecule has 0 aromatic heterocycles. The van der Waals surface area contributed by atoms with Gasteiger partial charge >= 0.3 is 11.9 Å². The monoisotopic (exact) mass is 280 g/mol. The van der Waals surface area contributed by atoms with Crippen molar-refractivity contribution < 1.29 is 19.4 Å². The van der Waals surface area contributed by atoms with Gasteiger partial charge in [-0.2, -0.15) is 0 Å². The van der Waals surface area contributed by atoms with E-state index in [4.69, 9.17) is 9.84 Å². The average molecular weight is 281 g/mol. The number of carboxylic acids is 1. The smallest absolute Gasteiger partial charge is 0.322 e. The predicted molar refractivity (Wildman–Crippen MR) is 60.0 cm³/mol. The quantitative estimate of drug-likeness (QED) is 0.620. The Morgan fingerprint density at radius 1 is 1.40 bits per heavy atom. The molecule has 0 radical (unpaired) electrons. The second-order valence-corrected chi connectivity index (χ2v) is 6.24. The topological polar surface area (TPSA) is 63.6 Å². The third-order valence-corrected chi connectivity index (χ3v) is 2.19. The number of hydrogen-bond acceptors (Lipinski definition) is 3. The predicted octanol–water partition coefficient (Wildman–Crippen LogP) is 2.20. The van der Waals surface area contributed by atoms with Crippen molar-refractivity contribution in [2.75, 3.05) is 0 Å². The van der Waals surface area contributed by atoms with Crippen molar-refractivity contribution in [3.63, 3.8) is 0 Å². The van der Waals surface area contributed by atoms with Gasteiger partial charge in [0.2, 0.25) is 0 Å². The molecule has 0 aliphatic rings. The van der Waals surface area contributed by atoms with Gasteiger partial charge in [0, 0.05) is 0 Å². The zero-order valence-corrected chi connectivity index (χ0v) is 11.0. The lowest BCUT2D eigenvalue weighted by atomic mass is 10.0. The van der Waals surface area contributed by atoms with Crippen molar-refractivity contribution in [1.82, 2.24) is 0 Å². The molecule has 0 amide bonds. The zero-order chi connectivity index (χ0) is 12.2. The van der Waals surface area contributed by atoms with Gasteiger partial charge in [0.15, 0.2) is 0 Å². The minimum atomic E-state index is -0.964. The van der Waals surface area contributed by atoms with Crippen LogP contribution < -0.4 is 0 Å². The van der Waals surface area contributed by atoms with Gasteiger partial charge in [-0.15, -0.1) is 0 Å². The number of carbonyl (C=O) groups is 2. The minimum absolute atomic E-state index is 0.0140. The van der Waals surface area contributed by atoms with E-state index in [0.717, 1.165) is 0 Å². The van der Waals surface area contributed by atoms with Crippen molar-refractivity contribution in [2.45, 2.75) is 44.5 Å². The molecule has 0 bridgehead atoms. The largest absolute Gasteiger partial charge is 0.481 e. The van der Waals surface area contributed by atoms with Crippen LogP contribution in [0.4, 0.5) is 0 Å². The van der Waals surface area contributed by atoms with Crippen LogP contribution in [0.5, 0.6) is 0 Å². The summed E-state index contributed by atoms with van der Waals surface area (Å²) in [5.41, 5.74) is 0. The number of hydrogen-bond donors (Lipinski definition) is 1. The van der Waals surface area contributed by atoms with Crippen molar-refractivity contribution in [2.24, 2.45) is 5.92 Å². The molecule has 4 nitrogen and oxygen atoms in total. The number of aliphatic carboxylic acids is 1. The van der Waals surface area contributed by atoms with Crippen LogP contribution in [0.3, 0.4) is 0 Å². The van der Waals surface area contributed by atoms with E-state index < -0.39 is 22.4 Å². The summed E-state index contributed by atoms with van der Waals surface area (Å²) < 4.78 is 4.34. The van der Waals surface area contributed by atoms with Gasteiger partial charge in [-0.05, 0) is 19.8 Å². The molecule has 0 rings (SSSR count). The average Bonchev–Trinajstić information content (AvgIpc) is 1.99. The van der Waals surface area contributed by atoms with E-state index in [1.807, 2.05) is 13.8 Å².